The molecule has 1 aliphatic heterocycles. The number of aromatic carboxylic acids is 1. The van der Waals surface area contributed by atoms with Crippen molar-refractivity contribution in [3.63, 3.8) is 0 Å². The van der Waals surface area contributed by atoms with Gasteiger partial charge in [0, 0.05) is 24.7 Å². The first-order chi connectivity index (χ1) is 12.1. The van der Waals surface area contributed by atoms with E-state index in [1.807, 2.05) is 0 Å². The van der Waals surface area contributed by atoms with E-state index in [9.17, 15) is 9.90 Å². The molecule has 0 saturated carbocycles. The first-order valence-corrected chi connectivity index (χ1v) is 9.16. The van der Waals surface area contributed by atoms with Crippen LogP contribution >= 0.6 is 0 Å². The van der Waals surface area contributed by atoms with E-state index in [0.29, 0.717) is 5.69 Å². The van der Waals surface area contributed by atoms with Crippen molar-refractivity contribution < 1.29 is 9.90 Å². The van der Waals surface area contributed by atoms with E-state index < -0.39 is 5.97 Å². The number of hydrogen-bond acceptors (Lipinski definition) is 3. The Hall–Kier alpha value is -2.14. The van der Waals surface area contributed by atoms with Gasteiger partial charge in [0.2, 0.25) is 0 Å². The van der Waals surface area contributed by atoms with E-state index in [4.69, 9.17) is 0 Å². The zero-order chi connectivity index (χ0) is 17.8. The summed E-state index contributed by atoms with van der Waals surface area (Å²) in [7, 11) is 0. The van der Waals surface area contributed by atoms with E-state index in [1.54, 1.807) is 6.92 Å². The molecular formula is C20H27N3O2. The summed E-state index contributed by atoms with van der Waals surface area (Å²) in [6.45, 7) is 6.93. The van der Waals surface area contributed by atoms with Gasteiger partial charge < -0.3 is 10.1 Å². The number of piperidine rings is 1. The van der Waals surface area contributed by atoms with Crippen LogP contribution in [-0.4, -0.2) is 39.0 Å². The third kappa shape index (κ3) is 4.28. The van der Waals surface area contributed by atoms with Crippen molar-refractivity contribution in [1.29, 1.82) is 0 Å². The number of hydrogen-bond donors (Lipinski definition) is 2. The van der Waals surface area contributed by atoms with Gasteiger partial charge in [-0.15, -0.1) is 0 Å². The van der Waals surface area contributed by atoms with Crippen LogP contribution < -0.4 is 0 Å². The van der Waals surface area contributed by atoms with Crippen molar-refractivity contribution in [2.45, 2.75) is 52.0 Å². The summed E-state index contributed by atoms with van der Waals surface area (Å²) in [5.41, 5.74) is 3.56. The molecule has 3 rings (SSSR count). The molecule has 0 radical (unpaired) electrons. The minimum atomic E-state index is -0.958. The Bertz CT molecular complexity index is 738. The molecule has 1 unspecified atom stereocenters. The molecule has 5 heteroatoms. The van der Waals surface area contributed by atoms with Crippen LogP contribution in [0.3, 0.4) is 0 Å². The molecule has 2 aromatic rings. The molecule has 0 spiro atoms. The highest BCUT2D eigenvalue weighted by Crippen LogP contribution is 2.27. The summed E-state index contributed by atoms with van der Waals surface area (Å²) in [4.78, 5) is 21.2. The summed E-state index contributed by atoms with van der Waals surface area (Å²) >= 11 is 0. The Morgan fingerprint density at radius 2 is 2.20 bits per heavy atom. The number of carboxylic acid groups (broad SMARTS) is 1. The molecule has 5 nitrogen and oxygen atoms in total. The number of likely N-dealkylation sites (tertiary alicyclic amines) is 1. The summed E-state index contributed by atoms with van der Waals surface area (Å²) < 4.78 is 0. The highest BCUT2D eigenvalue weighted by atomic mass is 16.4. The molecule has 2 heterocycles. The molecule has 2 N–H and O–H groups in total. The number of aromatic nitrogens is 2. The van der Waals surface area contributed by atoms with Gasteiger partial charge in [-0.3, -0.25) is 4.90 Å². The normalized spacial score (nSPS) is 18.4. The second kappa shape index (κ2) is 7.83. The fourth-order valence-corrected chi connectivity index (χ4v) is 3.74. The number of nitrogens with one attached hydrogen (secondary N) is 1. The molecule has 1 aromatic carbocycles. The van der Waals surface area contributed by atoms with Gasteiger partial charge >= 0.3 is 5.97 Å². The molecule has 1 aliphatic rings. The van der Waals surface area contributed by atoms with Gasteiger partial charge in [0.05, 0.1) is 0 Å². The van der Waals surface area contributed by atoms with Gasteiger partial charge in [0.25, 0.3) is 0 Å². The smallest absolute Gasteiger partial charge is 0.356 e. The maximum Gasteiger partial charge on any atom is 0.356 e. The van der Waals surface area contributed by atoms with Crippen LogP contribution in [0.15, 0.2) is 24.3 Å². The molecule has 0 amide bonds. The Morgan fingerprint density at radius 3 is 2.92 bits per heavy atom. The molecular weight excluding hydrogens is 314 g/mol. The van der Waals surface area contributed by atoms with E-state index >= 15 is 0 Å². The molecule has 1 fully saturated rings. The molecule has 1 aromatic heterocycles. The molecule has 1 saturated heterocycles. The monoisotopic (exact) mass is 341 g/mol. The lowest BCUT2D eigenvalue weighted by atomic mass is 9.96. The second-order valence-corrected chi connectivity index (χ2v) is 7.05. The lowest BCUT2D eigenvalue weighted by Gasteiger charge is -2.32. The van der Waals surface area contributed by atoms with Gasteiger partial charge in [-0.2, -0.15) is 0 Å². The maximum atomic E-state index is 11.2. The molecule has 25 heavy (non-hydrogen) atoms. The Kier molecular flexibility index (Phi) is 5.53. The van der Waals surface area contributed by atoms with Gasteiger partial charge in [-0.05, 0) is 43.9 Å². The highest BCUT2D eigenvalue weighted by Gasteiger charge is 2.25. The van der Waals surface area contributed by atoms with Crippen molar-refractivity contribution in [3.8, 4) is 0 Å². The third-order valence-electron chi connectivity index (χ3n) is 4.93. The van der Waals surface area contributed by atoms with Gasteiger partial charge in [-0.25, -0.2) is 9.78 Å². The van der Waals surface area contributed by atoms with Crippen LogP contribution in [0.4, 0.5) is 0 Å². The average molecular weight is 341 g/mol. The lowest BCUT2D eigenvalue weighted by molar-refractivity contribution is 0.0690. The van der Waals surface area contributed by atoms with Crippen molar-refractivity contribution in [2.24, 2.45) is 0 Å². The molecule has 0 bridgehead atoms. The van der Waals surface area contributed by atoms with E-state index in [2.05, 4.69) is 46.1 Å². The number of aryl methyl sites for hydroxylation is 2. The van der Waals surface area contributed by atoms with Crippen LogP contribution in [0, 0.1) is 6.92 Å². The average Bonchev–Trinajstić information content (AvgIpc) is 2.98. The summed E-state index contributed by atoms with van der Waals surface area (Å²) in [6, 6.07) is 8.86. The Labute approximate surface area is 149 Å². The first kappa shape index (κ1) is 17.7. The summed E-state index contributed by atoms with van der Waals surface area (Å²) in [5, 5.41) is 9.20. The number of carbonyl (C=O) groups is 1. The summed E-state index contributed by atoms with van der Waals surface area (Å²) in [5.74, 6) is 0.138. The number of benzene rings is 1. The van der Waals surface area contributed by atoms with Gasteiger partial charge in [0.15, 0.2) is 5.69 Å². The van der Waals surface area contributed by atoms with E-state index in [0.717, 1.165) is 44.7 Å². The van der Waals surface area contributed by atoms with Crippen LogP contribution in [0.1, 0.15) is 65.2 Å². The number of rotatable bonds is 6. The Morgan fingerprint density at radius 1 is 1.40 bits per heavy atom. The van der Waals surface area contributed by atoms with Crippen molar-refractivity contribution >= 4 is 5.97 Å². The topological polar surface area (TPSA) is 69.2 Å². The predicted octanol–water partition coefficient (Wildman–Crippen LogP) is 3.75. The highest BCUT2D eigenvalue weighted by molar-refractivity contribution is 5.86. The third-order valence-corrected chi connectivity index (χ3v) is 4.93. The number of imidazole rings is 1. The van der Waals surface area contributed by atoms with Crippen LogP contribution in [0.2, 0.25) is 0 Å². The minimum Gasteiger partial charge on any atom is -0.476 e. The zero-order valence-corrected chi connectivity index (χ0v) is 15.1. The van der Waals surface area contributed by atoms with Crippen LogP contribution in [0.5, 0.6) is 0 Å². The van der Waals surface area contributed by atoms with E-state index in [1.165, 1.54) is 17.5 Å². The minimum absolute atomic E-state index is 0.152. The first-order valence-electron chi connectivity index (χ1n) is 9.16. The number of nitrogens with zero attached hydrogens (tertiary/aromatic N) is 2. The standard InChI is InChI=1S/C20H27N3O2/c1-3-6-15-7-4-8-16(11-15)12-23-10-5-9-17(13-23)19-21-14(2)18(22-19)20(24)25/h4,7-8,11,17H,3,5-6,9-10,12-13H2,1-2H3,(H,21,22)(H,24,25). The van der Waals surface area contributed by atoms with Crippen molar-refractivity contribution in [2.75, 3.05) is 13.1 Å². The molecule has 1 atom stereocenters. The van der Waals surface area contributed by atoms with Gasteiger partial charge in [0.1, 0.15) is 5.82 Å². The molecule has 0 aliphatic carbocycles. The fourth-order valence-electron chi connectivity index (χ4n) is 3.74. The van der Waals surface area contributed by atoms with Crippen LogP contribution in [-0.2, 0) is 13.0 Å². The number of H-pyrrole nitrogens is 1. The number of carboxylic acids is 1. The quantitative estimate of drug-likeness (QED) is 0.839. The summed E-state index contributed by atoms with van der Waals surface area (Å²) in [6.07, 6.45) is 4.46. The van der Waals surface area contributed by atoms with Crippen molar-refractivity contribution in [1.82, 2.24) is 14.9 Å². The maximum absolute atomic E-state index is 11.2. The van der Waals surface area contributed by atoms with Gasteiger partial charge in [-0.1, -0.05) is 37.6 Å². The fraction of sp³-hybridized carbons (Fsp3) is 0.500. The van der Waals surface area contributed by atoms with Crippen molar-refractivity contribution in [3.05, 3.63) is 52.6 Å². The largest absolute Gasteiger partial charge is 0.476 e. The second-order valence-electron chi connectivity index (χ2n) is 7.05. The Balaban J connectivity index is 1.68. The zero-order valence-electron chi connectivity index (χ0n) is 15.1. The van der Waals surface area contributed by atoms with Crippen LogP contribution in [0.25, 0.3) is 0 Å². The molecule has 134 valence electrons. The van der Waals surface area contributed by atoms with E-state index in [-0.39, 0.29) is 11.6 Å². The number of aromatic amines is 1. The SMILES string of the molecule is CCCc1cccc(CN2CCCC(c3nc(C(=O)O)c(C)[nH]3)C2)c1. The predicted molar refractivity (Wildman–Crippen MR) is 98.0 cm³/mol. The lowest BCUT2D eigenvalue weighted by Crippen LogP contribution is -2.34.